The summed E-state index contributed by atoms with van der Waals surface area (Å²) in [6.45, 7) is 4.75. The first-order chi connectivity index (χ1) is 15.1. The minimum atomic E-state index is -3.53. The van der Waals surface area contributed by atoms with Gasteiger partial charge >= 0.3 is 0 Å². The topological polar surface area (TPSA) is 104 Å². The normalized spacial score (nSPS) is 15.2. The van der Waals surface area contributed by atoms with Crippen LogP contribution in [0.25, 0.3) is 0 Å². The van der Waals surface area contributed by atoms with E-state index >= 15 is 0 Å². The van der Waals surface area contributed by atoms with Crippen LogP contribution in [0, 0.1) is 0 Å². The second-order valence-electron chi connectivity index (χ2n) is 7.57. The number of benzene rings is 2. The maximum Gasteiger partial charge on any atom is 0.255 e. The van der Waals surface area contributed by atoms with E-state index in [1.54, 1.807) is 24.3 Å². The highest BCUT2D eigenvalue weighted by Crippen LogP contribution is 2.23. The quantitative estimate of drug-likeness (QED) is 0.589. The van der Waals surface area contributed by atoms with Crippen LogP contribution in [-0.2, 0) is 20.0 Å². The lowest BCUT2D eigenvalue weighted by atomic mass is 10.2. The number of carbonyl (C=O) groups excluding carboxylic acids is 1. The number of piperidine rings is 1. The molecule has 0 aromatic heterocycles. The number of sulfonamides is 2. The SMILES string of the molecule is C=CCN(c1ccc(C(=O)Nc2ccc(S(=O)(=O)N3CCCCC3)cc2)cc1)S(C)(=O)=O. The van der Waals surface area contributed by atoms with Crippen LogP contribution in [0.15, 0.2) is 66.1 Å². The van der Waals surface area contributed by atoms with Gasteiger partial charge in [-0.3, -0.25) is 9.10 Å². The molecule has 3 rings (SSSR count). The number of hydrogen-bond acceptors (Lipinski definition) is 5. The first-order valence-electron chi connectivity index (χ1n) is 10.2. The molecule has 1 amide bonds. The summed E-state index contributed by atoms with van der Waals surface area (Å²) in [4.78, 5) is 12.8. The van der Waals surface area contributed by atoms with Crippen molar-refractivity contribution in [2.75, 3.05) is 35.5 Å². The third kappa shape index (κ3) is 5.56. The number of rotatable bonds is 8. The molecule has 10 heteroatoms. The third-order valence-electron chi connectivity index (χ3n) is 5.18. The molecule has 0 unspecified atom stereocenters. The number of nitrogens with zero attached hydrogens (tertiary/aromatic N) is 2. The molecule has 0 spiro atoms. The zero-order valence-corrected chi connectivity index (χ0v) is 19.5. The highest BCUT2D eigenvalue weighted by Gasteiger charge is 2.25. The summed E-state index contributed by atoms with van der Waals surface area (Å²) in [5.74, 6) is -0.391. The van der Waals surface area contributed by atoms with Gasteiger partial charge in [-0.2, -0.15) is 4.31 Å². The smallest absolute Gasteiger partial charge is 0.255 e. The average molecular weight is 478 g/mol. The standard InChI is InChI=1S/C22H27N3O5S2/c1-3-15-25(31(2,27)28)20-11-7-18(8-12-20)22(26)23-19-9-13-21(14-10-19)32(29,30)24-16-5-4-6-17-24/h3,7-14H,1,4-6,15-17H2,2H3,(H,23,26). The minimum Gasteiger partial charge on any atom is -0.322 e. The largest absolute Gasteiger partial charge is 0.322 e. The summed E-state index contributed by atoms with van der Waals surface area (Å²) >= 11 is 0. The number of amides is 1. The van der Waals surface area contributed by atoms with Crippen molar-refractivity contribution in [2.45, 2.75) is 24.2 Å². The predicted octanol–water partition coefficient (Wildman–Crippen LogP) is 3.07. The number of hydrogen-bond donors (Lipinski definition) is 1. The lowest BCUT2D eigenvalue weighted by molar-refractivity contribution is 0.102. The average Bonchev–Trinajstić information content (AvgIpc) is 2.78. The van der Waals surface area contributed by atoms with Crippen LogP contribution in [0.1, 0.15) is 29.6 Å². The van der Waals surface area contributed by atoms with Crippen LogP contribution in [0.4, 0.5) is 11.4 Å². The van der Waals surface area contributed by atoms with Gasteiger partial charge in [-0.05, 0) is 61.4 Å². The van der Waals surface area contributed by atoms with Crippen molar-refractivity contribution >= 4 is 37.3 Å². The fourth-order valence-electron chi connectivity index (χ4n) is 3.50. The minimum absolute atomic E-state index is 0.122. The summed E-state index contributed by atoms with van der Waals surface area (Å²) in [7, 11) is -7.01. The molecule has 1 aliphatic rings. The molecule has 0 bridgehead atoms. The molecule has 8 nitrogen and oxygen atoms in total. The highest BCUT2D eigenvalue weighted by molar-refractivity contribution is 7.92. The predicted molar refractivity (Wildman–Crippen MR) is 126 cm³/mol. The molecule has 1 aliphatic heterocycles. The molecule has 172 valence electrons. The summed E-state index contributed by atoms with van der Waals surface area (Å²) < 4.78 is 52.0. The molecule has 2 aromatic carbocycles. The molecular formula is C22H27N3O5S2. The molecule has 0 radical (unpaired) electrons. The third-order valence-corrected chi connectivity index (χ3v) is 8.25. The fourth-order valence-corrected chi connectivity index (χ4v) is 5.89. The van der Waals surface area contributed by atoms with Gasteiger partial charge in [0.1, 0.15) is 0 Å². The zero-order chi connectivity index (χ0) is 23.4. The molecule has 2 aromatic rings. The Morgan fingerprint density at radius 3 is 2.12 bits per heavy atom. The van der Waals surface area contributed by atoms with Gasteiger partial charge in [0.2, 0.25) is 20.0 Å². The van der Waals surface area contributed by atoms with Crippen molar-refractivity contribution in [3.05, 3.63) is 66.7 Å². The molecule has 1 N–H and O–H groups in total. The molecule has 0 atom stereocenters. The van der Waals surface area contributed by atoms with E-state index in [9.17, 15) is 21.6 Å². The van der Waals surface area contributed by atoms with Crippen LogP contribution in [0.2, 0.25) is 0 Å². The van der Waals surface area contributed by atoms with E-state index in [1.165, 1.54) is 39.0 Å². The number of anilines is 2. The maximum atomic E-state index is 12.7. The molecule has 1 saturated heterocycles. The van der Waals surface area contributed by atoms with Crippen LogP contribution in [0.3, 0.4) is 0 Å². The second-order valence-corrected chi connectivity index (χ2v) is 11.4. The Hall–Kier alpha value is -2.69. The molecule has 0 aliphatic carbocycles. The Balaban J connectivity index is 1.70. The van der Waals surface area contributed by atoms with Gasteiger partial charge in [-0.25, -0.2) is 16.8 Å². The van der Waals surface area contributed by atoms with Crippen LogP contribution in [0.5, 0.6) is 0 Å². The molecule has 1 fully saturated rings. The van der Waals surface area contributed by atoms with Gasteiger partial charge in [0.05, 0.1) is 23.4 Å². The molecule has 1 heterocycles. The Morgan fingerprint density at radius 1 is 1.00 bits per heavy atom. The summed E-state index contributed by atoms with van der Waals surface area (Å²) in [6.07, 6.45) is 5.35. The van der Waals surface area contributed by atoms with Gasteiger partial charge in [0.25, 0.3) is 5.91 Å². The van der Waals surface area contributed by atoms with E-state index in [0.717, 1.165) is 25.5 Å². The first-order valence-corrected chi connectivity index (χ1v) is 13.5. The van der Waals surface area contributed by atoms with Gasteiger partial charge in [-0.1, -0.05) is 12.5 Å². The zero-order valence-electron chi connectivity index (χ0n) is 17.9. The van der Waals surface area contributed by atoms with Gasteiger partial charge in [0.15, 0.2) is 0 Å². The van der Waals surface area contributed by atoms with Crippen molar-refractivity contribution in [2.24, 2.45) is 0 Å². The summed E-state index contributed by atoms with van der Waals surface area (Å²) in [5.41, 5.74) is 1.23. The van der Waals surface area contributed by atoms with E-state index in [2.05, 4.69) is 11.9 Å². The van der Waals surface area contributed by atoms with E-state index in [1.807, 2.05) is 0 Å². The molecular weight excluding hydrogens is 450 g/mol. The van der Waals surface area contributed by atoms with E-state index in [-0.39, 0.29) is 11.4 Å². The molecule has 0 saturated carbocycles. The number of carbonyl (C=O) groups is 1. The maximum absolute atomic E-state index is 12.7. The Labute approximate surface area is 189 Å². The first kappa shape index (κ1) is 24.0. The van der Waals surface area contributed by atoms with Gasteiger partial charge < -0.3 is 5.32 Å². The summed E-state index contributed by atoms with van der Waals surface area (Å²) in [5, 5.41) is 2.73. The Morgan fingerprint density at radius 2 is 1.59 bits per heavy atom. The Kier molecular flexibility index (Phi) is 7.37. The van der Waals surface area contributed by atoms with Crippen molar-refractivity contribution in [1.82, 2.24) is 4.31 Å². The van der Waals surface area contributed by atoms with Crippen molar-refractivity contribution < 1.29 is 21.6 Å². The lowest BCUT2D eigenvalue weighted by Crippen LogP contribution is -2.35. The van der Waals surface area contributed by atoms with E-state index < -0.39 is 26.0 Å². The van der Waals surface area contributed by atoms with Gasteiger partial charge in [-0.15, -0.1) is 6.58 Å². The molecule has 32 heavy (non-hydrogen) atoms. The fraction of sp³-hybridized carbons (Fsp3) is 0.318. The van der Waals surface area contributed by atoms with Crippen molar-refractivity contribution in [3.8, 4) is 0 Å². The van der Waals surface area contributed by atoms with Crippen molar-refractivity contribution in [1.29, 1.82) is 0 Å². The lowest BCUT2D eigenvalue weighted by Gasteiger charge is -2.25. The van der Waals surface area contributed by atoms with Crippen LogP contribution >= 0.6 is 0 Å². The monoisotopic (exact) mass is 477 g/mol. The van der Waals surface area contributed by atoms with Crippen LogP contribution in [-0.4, -0.2) is 52.9 Å². The van der Waals surface area contributed by atoms with Gasteiger partial charge in [0, 0.05) is 24.3 Å². The van der Waals surface area contributed by atoms with Crippen molar-refractivity contribution in [3.63, 3.8) is 0 Å². The van der Waals surface area contributed by atoms with E-state index in [0.29, 0.717) is 30.0 Å². The number of nitrogens with one attached hydrogen (secondary N) is 1. The summed E-state index contributed by atoms with van der Waals surface area (Å²) in [6, 6.07) is 12.2. The van der Waals surface area contributed by atoms with Crippen LogP contribution < -0.4 is 9.62 Å². The highest BCUT2D eigenvalue weighted by atomic mass is 32.2. The Bertz CT molecular complexity index is 1170. The van der Waals surface area contributed by atoms with E-state index in [4.69, 9.17) is 0 Å². The second kappa shape index (κ2) is 9.85.